The summed E-state index contributed by atoms with van der Waals surface area (Å²) in [5.74, 6) is 0.922. The molecule has 0 spiro atoms. The number of ether oxygens (including phenoxy) is 2. The molecule has 24 heavy (non-hydrogen) atoms. The lowest BCUT2D eigenvalue weighted by Crippen LogP contribution is -2.28. The van der Waals surface area contributed by atoms with Crippen LogP contribution in [0.1, 0.15) is 11.1 Å². The van der Waals surface area contributed by atoms with Crippen molar-refractivity contribution in [2.45, 2.75) is 13.5 Å². The average molecular weight is 369 g/mol. The molecule has 0 aliphatic rings. The third-order valence-corrected chi connectivity index (χ3v) is 4.00. The summed E-state index contributed by atoms with van der Waals surface area (Å²) < 4.78 is 10.4. The summed E-state index contributed by atoms with van der Waals surface area (Å²) in [6, 6.07) is 8.33. The largest absolute Gasteiger partial charge is 0.495 e. The van der Waals surface area contributed by atoms with Crippen molar-refractivity contribution in [3.63, 3.8) is 0 Å². The molecule has 128 valence electrons. The zero-order chi connectivity index (χ0) is 17.7. The van der Waals surface area contributed by atoms with Gasteiger partial charge in [0.05, 0.1) is 24.9 Å². The fourth-order valence-electron chi connectivity index (χ4n) is 2.16. The maximum Gasteiger partial charge on any atom is 0.319 e. The van der Waals surface area contributed by atoms with E-state index in [0.29, 0.717) is 33.8 Å². The van der Waals surface area contributed by atoms with Crippen molar-refractivity contribution in [3.8, 4) is 11.5 Å². The molecule has 0 saturated heterocycles. The van der Waals surface area contributed by atoms with Crippen molar-refractivity contribution in [2.75, 3.05) is 19.5 Å². The molecule has 0 radical (unpaired) electrons. The molecular weight excluding hydrogens is 351 g/mol. The van der Waals surface area contributed by atoms with E-state index < -0.39 is 0 Å². The standard InChI is InChI=1S/C17H18Cl2N2O3/c1-10-6-12(18)5-4-11(10)9-20-17(22)21-14-7-13(19)15(23-2)8-16(14)24-3/h4-8H,9H2,1-3H3,(H2,20,21,22). The Hall–Kier alpha value is -2.11. The van der Waals surface area contributed by atoms with E-state index in [9.17, 15) is 4.79 Å². The van der Waals surface area contributed by atoms with Gasteiger partial charge in [-0.1, -0.05) is 29.3 Å². The second-order valence-corrected chi connectivity index (χ2v) is 5.91. The molecule has 2 aromatic carbocycles. The maximum atomic E-state index is 12.1. The molecule has 0 aromatic heterocycles. The van der Waals surface area contributed by atoms with Crippen molar-refractivity contribution in [1.82, 2.24) is 5.32 Å². The van der Waals surface area contributed by atoms with E-state index in [1.807, 2.05) is 19.1 Å². The van der Waals surface area contributed by atoms with Crippen LogP contribution in [0.5, 0.6) is 11.5 Å². The Kier molecular flexibility index (Phi) is 6.17. The van der Waals surface area contributed by atoms with Crippen molar-refractivity contribution >= 4 is 34.9 Å². The second-order valence-electron chi connectivity index (χ2n) is 5.07. The van der Waals surface area contributed by atoms with E-state index in [2.05, 4.69) is 10.6 Å². The summed E-state index contributed by atoms with van der Waals surface area (Å²) in [6.07, 6.45) is 0. The smallest absolute Gasteiger partial charge is 0.319 e. The normalized spacial score (nSPS) is 10.2. The van der Waals surface area contributed by atoms with Crippen LogP contribution in [0.4, 0.5) is 10.5 Å². The van der Waals surface area contributed by atoms with Crippen LogP contribution in [0.25, 0.3) is 0 Å². The number of anilines is 1. The van der Waals surface area contributed by atoms with Gasteiger partial charge < -0.3 is 20.1 Å². The first kappa shape index (κ1) is 18.2. The van der Waals surface area contributed by atoms with Gasteiger partial charge in [-0.15, -0.1) is 0 Å². The van der Waals surface area contributed by atoms with E-state index in [4.69, 9.17) is 32.7 Å². The molecule has 2 aromatic rings. The Morgan fingerprint density at radius 1 is 1.08 bits per heavy atom. The summed E-state index contributed by atoms with van der Waals surface area (Å²) >= 11 is 12.0. The van der Waals surface area contributed by atoms with Gasteiger partial charge >= 0.3 is 6.03 Å². The molecule has 0 aliphatic heterocycles. The highest BCUT2D eigenvalue weighted by atomic mass is 35.5. The highest BCUT2D eigenvalue weighted by Gasteiger charge is 2.12. The molecular formula is C17H18Cl2N2O3. The van der Waals surface area contributed by atoms with Gasteiger partial charge in [-0.3, -0.25) is 0 Å². The first-order valence-corrected chi connectivity index (χ1v) is 7.91. The molecule has 0 atom stereocenters. The first-order valence-electron chi connectivity index (χ1n) is 7.16. The monoisotopic (exact) mass is 368 g/mol. The first-order chi connectivity index (χ1) is 11.4. The van der Waals surface area contributed by atoms with Gasteiger partial charge in [0, 0.05) is 17.6 Å². The molecule has 7 heteroatoms. The zero-order valence-corrected chi connectivity index (χ0v) is 15.1. The van der Waals surface area contributed by atoms with Crippen molar-refractivity contribution < 1.29 is 14.3 Å². The molecule has 2 N–H and O–H groups in total. The minimum Gasteiger partial charge on any atom is -0.495 e. The van der Waals surface area contributed by atoms with Crippen LogP contribution >= 0.6 is 23.2 Å². The van der Waals surface area contributed by atoms with Crippen LogP contribution < -0.4 is 20.1 Å². The van der Waals surface area contributed by atoms with E-state index in [1.165, 1.54) is 14.2 Å². The molecule has 0 aliphatic carbocycles. The summed E-state index contributed by atoms with van der Waals surface area (Å²) in [4.78, 5) is 12.1. The van der Waals surface area contributed by atoms with Gasteiger partial charge in [0.25, 0.3) is 0 Å². The number of halogens is 2. The molecule has 2 amide bonds. The number of benzene rings is 2. The van der Waals surface area contributed by atoms with Crippen LogP contribution in [-0.2, 0) is 6.54 Å². The van der Waals surface area contributed by atoms with Crippen molar-refractivity contribution in [2.24, 2.45) is 0 Å². The minimum atomic E-state index is -0.371. The van der Waals surface area contributed by atoms with E-state index in [1.54, 1.807) is 18.2 Å². The lowest BCUT2D eigenvalue weighted by atomic mass is 10.1. The number of aryl methyl sites for hydroxylation is 1. The number of rotatable bonds is 5. The van der Waals surface area contributed by atoms with Gasteiger partial charge in [0.1, 0.15) is 11.5 Å². The van der Waals surface area contributed by atoms with Crippen molar-refractivity contribution in [3.05, 3.63) is 51.5 Å². The lowest BCUT2D eigenvalue weighted by Gasteiger charge is -2.14. The fraction of sp³-hybridized carbons (Fsp3) is 0.235. The highest BCUT2D eigenvalue weighted by Crippen LogP contribution is 2.35. The number of amides is 2. The number of hydrogen-bond donors (Lipinski definition) is 2. The number of hydrogen-bond acceptors (Lipinski definition) is 3. The summed E-state index contributed by atoms with van der Waals surface area (Å²) in [6.45, 7) is 2.31. The molecule has 0 fully saturated rings. The zero-order valence-electron chi connectivity index (χ0n) is 13.6. The summed E-state index contributed by atoms with van der Waals surface area (Å²) in [5.41, 5.74) is 2.44. The Labute approximate surface area is 150 Å². The number of carbonyl (C=O) groups is 1. The van der Waals surface area contributed by atoms with E-state index in [-0.39, 0.29) is 6.03 Å². The van der Waals surface area contributed by atoms with E-state index in [0.717, 1.165) is 11.1 Å². The van der Waals surface area contributed by atoms with Gasteiger partial charge in [0.2, 0.25) is 0 Å². The molecule has 0 unspecified atom stereocenters. The van der Waals surface area contributed by atoms with Crippen LogP contribution in [0.2, 0.25) is 10.0 Å². The Morgan fingerprint density at radius 3 is 2.42 bits per heavy atom. The number of methoxy groups -OCH3 is 2. The summed E-state index contributed by atoms with van der Waals surface area (Å²) in [7, 11) is 3.01. The van der Waals surface area contributed by atoms with Gasteiger partial charge in [-0.25, -0.2) is 4.79 Å². The van der Waals surface area contributed by atoms with Gasteiger partial charge in [0.15, 0.2) is 0 Å². The number of urea groups is 1. The third kappa shape index (κ3) is 4.46. The molecule has 0 saturated carbocycles. The van der Waals surface area contributed by atoms with Crippen LogP contribution in [0.15, 0.2) is 30.3 Å². The highest BCUT2D eigenvalue weighted by molar-refractivity contribution is 6.32. The average Bonchev–Trinajstić information content (AvgIpc) is 2.54. The maximum absolute atomic E-state index is 12.1. The van der Waals surface area contributed by atoms with Crippen molar-refractivity contribution in [1.29, 1.82) is 0 Å². The topological polar surface area (TPSA) is 59.6 Å². The number of nitrogens with one attached hydrogen (secondary N) is 2. The third-order valence-electron chi connectivity index (χ3n) is 3.47. The number of carbonyl (C=O) groups excluding carboxylic acids is 1. The predicted molar refractivity (Wildman–Crippen MR) is 96.6 cm³/mol. The predicted octanol–water partition coefficient (Wildman–Crippen LogP) is 4.64. The lowest BCUT2D eigenvalue weighted by molar-refractivity contribution is 0.251. The van der Waals surface area contributed by atoms with Gasteiger partial charge in [-0.2, -0.15) is 0 Å². The fourth-order valence-corrected chi connectivity index (χ4v) is 2.62. The van der Waals surface area contributed by atoms with Crippen LogP contribution in [0.3, 0.4) is 0 Å². The Balaban J connectivity index is 2.05. The van der Waals surface area contributed by atoms with Crippen LogP contribution in [0, 0.1) is 6.92 Å². The molecule has 0 heterocycles. The molecule has 0 bridgehead atoms. The van der Waals surface area contributed by atoms with Gasteiger partial charge in [-0.05, 0) is 36.2 Å². The SMILES string of the molecule is COc1cc(OC)c(NC(=O)NCc2ccc(Cl)cc2C)cc1Cl. The van der Waals surface area contributed by atoms with E-state index >= 15 is 0 Å². The molecule has 5 nitrogen and oxygen atoms in total. The quantitative estimate of drug-likeness (QED) is 0.807. The Bertz CT molecular complexity index is 751. The minimum absolute atomic E-state index is 0.371. The Morgan fingerprint density at radius 2 is 1.79 bits per heavy atom. The second kappa shape index (κ2) is 8.13. The van der Waals surface area contributed by atoms with Crippen LogP contribution in [-0.4, -0.2) is 20.3 Å². The summed E-state index contributed by atoms with van der Waals surface area (Å²) in [5, 5.41) is 6.54. The molecule has 2 rings (SSSR count).